The maximum atomic E-state index is 12.7. The summed E-state index contributed by atoms with van der Waals surface area (Å²) >= 11 is 0. The van der Waals surface area contributed by atoms with Gasteiger partial charge in [-0.3, -0.25) is 9.36 Å². The molecule has 9 nitrogen and oxygen atoms in total. The Labute approximate surface area is 147 Å². The number of nitrogens with one attached hydrogen (secondary N) is 2. The lowest BCUT2D eigenvalue weighted by Crippen LogP contribution is -2.39. The molecule has 1 aliphatic rings. The SMILES string of the molecule is Cn1c(=O)oc2ccc(S(=O)(=O)NC3CCc4n[nH]c(=O)cc4C3)cc21. The Balaban J connectivity index is 1.62. The molecule has 0 aliphatic heterocycles. The van der Waals surface area contributed by atoms with Crippen LogP contribution >= 0.6 is 0 Å². The second-order valence-electron chi connectivity index (χ2n) is 6.32. The highest BCUT2D eigenvalue weighted by Gasteiger charge is 2.26. The summed E-state index contributed by atoms with van der Waals surface area (Å²) in [7, 11) is -2.27. The number of oxazole rings is 1. The Morgan fingerprint density at radius 3 is 2.92 bits per heavy atom. The molecule has 0 bridgehead atoms. The number of aromatic amines is 1. The second-order valence-corrected chi connectivity index (χ2v) is 8.04. The van der Waals surface area contributed by atoms with Crippen molar-refractivity contribution in [3.63, 3.8) is 0 Å². The van der Waals surface area contributed by atoms with Gasteiger partial charge in [0.1, 0.15) is 0 Å². The van der Waals surface area contributed by atoms with E-state index in [-0.39, 0.29) is 16.5 Å². The summed E-state index contributed by atoms with van der Waals surface area (Å²) in [5, 5.41) is 6.39. The molecule has 4 rings (SSSR count). The molecule has 2 N–H and O–H groups in total. The maximum Gasteiger partial charge on any atom is 0.419 e. The van der Waals surface area contributed by atoms with E-state index in [4.69, 9.17) is 4.42 Å². The van der Waals surface area contributed by atoms with Crippen LogP contribution in [0.1, 0.15) is 17.7 Å². The fraction of sp³-hybridized carbons (Fsp3) is 0.312. The quantitative estimate of drug-likeness (QED) is 0.665. The lowest BCUT2D eigenvalue weighted by Gasteiger charge is -2.24. The van der Waals surface area contributed by atoms with Crippen LogP contribution < -0.4 is 16.0 Å². The summed E-state index contributed by atoms with van der Waals surface area (Å²) in [6.45, 7) is 0. The number of aryl methyl sites for hydroxylation is 2. The maximum absolute atomic E-state index is 12.7. The van der Waals surface area contributed by atoms with Gasteiger partial charge in [0.05, 0.1) is 16.1 Å². The van der Waals surface area contributed by atoms with Crippen LogP contribution in [0.15, 0.2) is 43.2 Å². The van der Waals surface area contributed by atoms with Crippen molar-refractivity contribution < 1.29 is 12.8 Å². The lowest BCUT2D eigenvalue weighted by atomic mass is 9.93. The van der Waals surface area contributed by atoms with Crippen molar-refractivity contribution in [3.05, 3.63) is 56.4 Å². The van der Waals surface area contributed by atoms with Crippen LogP contribution in [0.3, 0.4) is 0 Å². The summed E-state index contributed by atoms with van der Waals surface area (Å²) in [5.74, 6) is -0.552. The van der Waals surface area contributed by atoms with Gasteiger partial charge in [-0.25, -0.2) is 23.0 Å². The van der Waals surface area contributed by atoms with Gasteiger partial charge in [-0.15, -0.1) is 0 Å². The van der Waals surface area contributed by atoms with Crippen molar-refractivity contribution >= 4 is 21.1 Å². The van der Waals surface area contributed by atoms with Crippen LogP contribution in [0.25, 0.3) is 11.1 Å². The second kappa shape index (κ2) is 5.92. The monoisotopic (exact) mass is 376 g/mol. The molecule has 0 fully saturated rings. The van der Waals surface area contributed by atoms with Gasteiger partial charge in [0.15, 0.2) is 5.58 Å². The Morgan fingerprint density at radius 2 is 2.12 bits per heavy atom. The third kappa shape index (κ3) is 2.86. The lowest BCUT2D eigenvalue weighted by molar-refractivity contribution is 0.499. The van der Waals surface area contributed by atoms with E-state index >= 15 is 0 Å². The molecule has 0 spiro atoms. The van der Waals surface area contributed by atoms with Crippen LogP contribution in [0, 0.1) is 0 Å². The van der Waals surface area contributed by atoms with Crippen molar-refractivity contribution in [2.45, 2.75) is 30.2 Å². The number of rotatable bonds is 3. The number of benzene rings is 1. The van der Waals surface area contributed by atoms with Gasteiger partial charge in [-0.05, 0) is 43.0 Å². The van der Waals surface area contributed by atoms with E-state index in [2.05, 4.69) is 14.9 Å². The van der Waals surface area contributed by atoms with Gasteiger partial charge in [-0.2, -0.15) is 5.10 Å². The zero-order chi connectivity index (χ0) is 18.5. The molecule has 3 aromatic rings. The fourth-order valence-electron chi connectivity index (χ4n) is 3.20. The number of hydrogen-bond acceptors (Lipinski definition) is 6. The molecule has 1 unspecified atom stereocenters. The third-order valence-corrected chi connectivity index (χ3v) is 6.09. The number of fused-ring (bicyclic) bond motifs is 2. The summed E-state index contributed by atoms with van der Waals surface area (Å²) in [4.78, 5) is 23.0. The van der Waals surface area contributed by atoms with E-state index in [0.29, 0.717) is 30.4 Å². The number of nitrogens with zero attached hydrogens (tertiary/aromatic N) is 2. The van der Waals surface area contributed by atoms with Crippen molar-refractivity contribution in [3.8, 4) is 0 Å². The van der Waals surface area contributed by atoms with Crippen LogP contribution in [0.2, 0.25) is 0 Å². The van der Waals surface area contributed by atoms with Crippen molar-refractivity contribution in [1.29, 1.82) is 0 Å². The topological polar surface area (TPSA) is 127 Å². The summed E-state index contributed by atoms with van der Waals surface area (Å²) in [5.41, 5.74) is 1.96. The number of H-pyrrole nitrogens is 1. The number of hydrogen-bond donors (Lipinski definition) is 2. The highest BCUT2D eigenvalue weighted by Crippen LogP contribution is 2.22. The smallest absolute Gasteiger partial charge is 0.408 e. The zero-order valence-corrected chi connectivity index (χ0v) is 14.7. The average Bonchev–Trinajstić information content (AvgIpc) is 2.88. The van der Waals surface area contributed by atoms with Crippen molar-refractivity contribution in [2.75, 3.05) is 0 Å². The normalized spacial score (nSPS) is 17.3. The van der Waals surface area contributed by atoms with Crippen molar-refractivity contribution in [2.24, 2.45) is 7.05 Å². The van der Waals surface area contributed by atoms with Crippen LogP contribution in [0.5, 0.6) is 0 Å². The van der Waals surface area contributed by atoms with E-state index in [1.54, 1.807) is 0 Å². The third-order valence-electron chi connectivity index (χ3n) is 4.57. The fourth-order valence-corrected chi connectivity index (χ4v) is 4.49. The molecule has 0 saturated heterocycles. The zero-order valence-electron chi connectivity index (χ0n) is 13.9. The standard InChI is InChI=1S/C16H16N4O5S/c1-20-13-8-11(3-5-14(13)25-16(20)22)26(23,24)19-10-2-4-12-9(6-10)7-15(21)18-17-12/h3,5,7-8,10,19H,2,4,6H2,1H3,(H,18,21). The Bertz CT molecular complexity index is 1220. The predicted octanol–water partition coefficient (Wildman–Crippen LogP) is 0.0506. The largest absolute Gasteiger partial charge is 0.419 e. The van der Waals surface area contributed by atoms with E-state index in [0.717, 1.165) is 11.3 Å². The molecule has 0 amide bonds. The first kappa shape index (κ1) is 16.7. The van der Waals surface area contributed by atoms with Crippen LogP contribution in [0.4, 0.5) is 0 Å². The van der Waals surface area contributed by atoms with Crippen LogP contribution in [-0.2, 0) is 29.9 Å². The summed E-state index contributed by atoms with van der Waals surface area (Å²) < 4.78 is 34.4. The highest BCUT2D eigenvalue weighted by molar-refractivity contribution is 7.89. The predicted molar refractivity (Wildman–Crippen MR) is 92.4 cm³/mol. The first-order valence-electron chi connectivity index (χ1n) is 8.03. The minimum Gasteiger partial charge on any atom is -0.408 e. The van der Waals surface area contributed by atoms with E-state index in [9.17, 15) is 18.0 Å². The molecule has 2 heterocycles. The van der Waals surface area contributed by atoms with Gasteiger partial charge < -0.3 is 4.42 Å². The van der Waals surface area contributed by atoms with E-state index in [1.165, 1.54) is 35.9 Å². The first-order chi connectivity index (χ1) is 12.3. The minimum absolute atomic E-state index is 0.0521. The Kier molecular flexibility index (Phi) is 3.81. The van der Waals surface area contributed by atoms with Gasteiger partial charge in [0.25, 0.3) is 5.56 Å². The molecule has 1 atom stereocenters. The average molecular weight is 376 g/mol. The molecular weight excluding hydrogens is 360 g/mol. The van der Waals surface area contributed by atoms with E-state index in [1.807, 2.05) is 0 Å². The number of aromatic nitrogens is 3. The number of sulfonamides is 1. The van der Waals surface area contributed by atoms with Crippen molar-refractivity contribution in [1.82, 2.24) is 19.5 Å². The van der Waals surface area contributed by atoms with Gasteiger partial charge in [0.2, 0.25) is 10.0 Å². The Morgan fingerprint density at radius 1 is 1.31 bits per heavy atom. The molecule has 26 heavy (non-hydrogen) atoms. The molecule has 136 valence electrons. The molecule has 2 aromatic heterocycles. The van der Waals surface area contributed by atoms with Crippen LogP contribution in [-0.4, -0.2) is 29.2 Å². The summed E-state index contributed by atoms with van der Waals surface area (Å²) in [6.07, 6.45) is 1.56. The molecule has 1 aromatic carbocycles. The van der Waals surface area contributed by atoms with E-state index < -0.39 is 15.8 Å². The molecule has 0 radical (unpaired) electrons. The highest BCUT2D eigenvalue weighted by atomic mass is 32.2. The molecule has 0 saturated carbocycles. The Hall–Kier alpha value is -2.72. The molecule has 1 aliphatic carbocycles. The van der Waals surface area contributed by atoms with Gasteiger partial charge in [0, 0.05) is 19.2 Å². The molecular formula is C16H16N4O5S. The van der Waals surface area contributed by atoms with Gasteiger partial charge >= 0.3 is 5.76 Å². The minimum atomic E-state index is -3.78. The first-order valence-corrected chi connectivity index (χ1v) is 9.51. The molecule has 10 heteroatoms. The van der Waals surface area contributed by atoms with Gasteiger partial charge in [-0.1, -0.05) is 0 Å². The summed E-state index contributed by atoms with van der Waals surface area (Å²) in [6, 6.07) is 5.39.